The molecule has 0 bridgehead atoms. The molecule has 4 unspecified atom stereocenters. The SMILES string of the molecule is NC(C1CC2CC2C1)C1CCOC2(CCCC2)C1. The minimum absolute atomic E-state index is 0.252. The Hall–Kier alpha value is -0.0800. The summed E-state index contributed by atoms with van der Waals surface area (Å²) in [5.41, 5.74) is 6.88. The van der Waals surface area contributed by atoms with Crippen LogP contribution in [0.1, 0.15) is 57.8 Å². The van der Waals surface area contributed by atoms with Gasteiger partial charge in [0.05, 0.1) is 5.60 Å². The third-order valence-corrected chi connectivity index (χ3v) is 6.41. The summed E-state index contributed by atoms with van der Waals surface area (Å²) >= 11 is 0. The molecular weight excluding hydrogens is 222 g/mol. The Kier molecular flexibility index (Phi) is 2.74. The van der Waals surface area contributed by atoms with E-state index in [9.17, 15) is 0 Å². The van der Waals surface area contributed by atoms with E-state index in [0.717, 1.165) is 30.3 Å². The molecule has 1 saturated heterocycles. The lowest BCUT2D eigenvalue weighted by molar-refractivity contribution is -0.0987. The van der Waals surface area contributed by atoms with E-state index in [1.54, 1.807) is 0 Å². The molecule has 3 saturated carbocycles. The second-order valence-corrected chi connectivity index (χ2v) is 7.56. The van der Waals surface area contributed by atoms with Gasteiger partial charge in [0.15, 0.2) is 0 Å². The van der Waals surface area contributed by atoms with Crippen LogP contribution in [0.3, 0.4) is 0 Å². The van der Waals surface area contributed by atoms with Crippen molar-refractivity contribution in [3.8, 4) is 0 Å². The monoisotopic (exact) mass is 249 g/mol. The van der Waals surface area contributed by atoms with Gasteiger partial charge in [0, 0.05) is 12.6 Å². The Morgan fingerprint density at radius 1 is 1.00 bits per heavy atom. The summed E-state index contributed by atoms with van der Waals surface area (Å²) in [6.07, 6.45) is 12.2. The molecule has 0 radical (unpaired) electrons. The predicted octanol–water partition coefficient (Wildman–Crippen LogP) is 3.10. The third kappa shape index (κ3) is 1.92. The van der Waals surface area contributed by atoms with Crippen LogP contribution in [0.5, 0.6) is 0 Å². The molecule has 4 aliphatic rings. The molecule has 4 rings (SSSR count). The van der Waals surface area contributed by atoms with Gasteiger partial charge in [-0.3, -0.25) is 0 Å². The summed E-state index contributed by atoms with van der Waals surface area (Å²) in [5.74, 6) is 3.73. The first-order valence-electron chi connectivity index (χ1n) is 8.15. The van der Waals surface area contributed by atoms with Crippen LogP contribution >= 0.6 is 0 Å². The zero-order chi connectivity index (χ0) is 12.2. The normalized spacial score (nSPS) is 47.2. The zero-order valence-corrected chi connectivity index (χ0v) is 11.4. The van der Waals surface area contributed by atoms with Crippen molar-refractivity contribution in [2.24, 2.45) is 29.4 Å². The summed E-state index contributed by atoms with van der Waals surface area (Å²) in [6, 6.07) is 0.471. The van der Waals surface area contributed by atoms with Gasteiger partial charge in [0.1, 0.15) is 0 Å². The highest BCUT2D eigenvalue weighted by molar-refractivity contribution is 5.02. The van der Waals surface area contributed by atoms with Gasteiger partial charge in [-0.2, -0.15) is 0 Å². The summed E-state index contributed by atoms with van der Waals surface area (Å²) in [7, 11) is 0. The lowest BCUT2D eigenvalue weighted by Gasteiger charge is -2.42. The Morgan fingerprint density at radius 2 is 1.72 bits per heavy atom. The number of hydrogen-bond acceptors (Lipinski definition) is 2. The van der Waals surface area contributed by atoms with Crippen molar-refractivity contribution in [1.29, 1.82) is 0 Å². The van der Waals surface area contributed by atoms with E-state index in [1.165, 1.54) is 57.8 Å². The quantitative estimate of drug-likeness (QED) is 0.816. The van der Waals surface area contributed by atoms with Gasteiger partial charge in [0.2, 0.25) is 0 Å². The molecule has 4 atom stereocenters. The first-order chi connectivity index (χ1) is 8.76. The Morgan fingerprint density at radius 3 is 2.44 bits per heavy atom. The van der Waals surface area contributed by atoms with Crippen molar-refractivity contribution in [3.05, 3.63) is 0 Å². The average Bonchev–Trinajstić information content (AvgIpc) is 2.80. The summed E-state index contributed by atoms with van der Waals surface area (Å²) < 4.78 is 6.14. The molecule has 2 heteroatoms. The Balaban J connectivity index is 1.40. The van der Waals surface area contributed by atoms with E-state index in [4.69, 9.17) is 10.5 Å². The maximum Gasteiger partial charge on any atom is 0.0685 e. The molecule has 1 heterocycles. The van der Waals surface area contributed by atoms with Crippen molar-refractivity contribution >= 4 is 0 Å². The van der Waals surface area contributed by atoms with Crippen LogP contribution in [0.4, 0.5) is 0 Å². The van der Waals surface area contributed by atoms with Crippen LogP contribution in [0.2, 0.25) is 0 Å². The number of nitrogens with two attached hydrogens (primary N) is 1. The van der Waals surface area contributed by atoms with Crippen LogP contribution in [0, 0.1) is 23.7 Å². The Bertz CT molecular complexity index is 313. The number of rotatable bonds is 2. The molecule has 2 N–H and O–H groups in total. The highest BCUT2D eigenvalue weighted by Gasteiger charge is 2.50. The minimum Gasteiger partial charge on any atom is -0.375 e. The van der Waals surface area contributed by atoms with E-state index >= 15 is 0 Å². The summed E-state index contributed by atoms with van der Waals surface area (Å²) in [5, 5.41) is 0. The van der Waals surface area contributed by atoms with Crippen LogP contribution in [0.25, 0.3) is 0 Å². The molecule has 1 aliphatic heterocycles. The van der Waals surface area contributed by atoms with Gasteiger partial charge in [-0.1, -0.05) is 12.8 Å². The van der Waals surface area contributed by atoms with Crippen LogP contribution < -0.4 is 5.73 Å². The maximum absolute atomic E-state index is 6.63. The lowest BCUT2D eigenvalue weighted by Crippen LogP contribution is -2.46. The van der Waals surface area contributed by atoms with Gasteiger partial charge in [-0.25, -0.2) is 0 Å². The van der Waals surface area contributed by atoms with E-state index < -0.39 is 0 Å². The highest BCUT2D eigenvalue weighted by Crippen LogP contribution is 2.56. The molecule has 0 aromatic rings. The molecule has 1 spiro atoms. The summed E-state index contributed by atoms with van der Waals surface area (Å²) in [4.78, 5) is 0. The average molecular weight is 249 g/mol. The van der Waals surface area contributed by atoms with Crippen LogP contribution in [-0.4, -0.2) is 18.2 Å². The second kappa shape index (κ2) is 4.21. The molecule has 3 aliphatic carbocycles. The standard InChI is InChI=1S/C16H27NO/c17-15(14-8-12-7-13(12)9-14)11-3-6-18-16(10-11)4-1-2-5-16/h11-15H,1-10,17H2. The molecule has 0 aromatic heterocycles. The van der Waals surface area contributed by atoms with E-state index in [2.05, 4.69) is 0 Å². The van der Waals surface area contributed by atoms with Crippen molar-refractivity contribution in [1.82, 2.24) is 0 Å². The van der Waals surface area contributed by atoms with E-state index in [-0.39, 0.29) is 5.60 Å². The fraction of sp³-hybridized carbons (Fsp3) is 1.00. The van der Waals surface area contributed by atoms with Gasteiger partial charge in [-0.15, -0.1) is 0 Å². The fourth-order valence-corrected chi connectivity index (χ4v) is 5.22. The van der Waals surface area contributed by atoms with Crippen molar-refractivity contribution < 1.29 is 4.74 Å². The number of fused-ring (bicyclic) bond motifs is 1. The second-order valence-electron chi connectivity index (χ2n) is 7.56. The van der Waals surface area contributed by atoms with Gasteiger partial charge >= 0.3 is 0 Å². The highest BCUT2D eigenvalue weighted by atomic mass is 16.5. The zero-order valence-electron chi connectivity index (χ0n) is 11.4. The molecule has 4 fully saturated rings. The predicted molar refractivity (Wildman–Crippen MR) is 72.2 cm³/mol. The molecule has 0 amide bonds. The number of ether oxygens (including phenoxy) is 1. The van der Waals surface area contributed by atoms with Crippen molar-refractivity contribution in [2.45, 2.75) is 69.4 Å². The van der Waals surface area contributed by atoms with Crippen molar-refractivity contribution in [3.63, 3.8) is 0 Å². The van der Waals surface area contributed by atoms with Gasteiger partial charge in [0.25, 0.3) is 0 Å². The molecule has 102 valence electrons. The molecular formula is C16H27NO. The minimum atomic E-state index is 0.252. The topological polar surface area (TPSA) is 35.2 Å². The summed E-state index contributed by atoms with van der Waals surface area (Å²) in [6.45, 7) is 0.970. The van der Waals surface area contributed by atoms with Gasteiger partial charge < -0.3 is 10.5 Å². The Labute approximate surface area is 111 Å². The smallest absolute Gasteiger partial charge is 0.0685 e. The third-order valence-electron chi connectivity index (χ3n) is 6.41. The lowest BCUT2D eigenvalue weighted by atomic mass is 9.76. The van der Waals surface area contributed by atoms with Crippen LogP contribution in [0.15, 0.2) is 0 Å². The molecule has 0 aromatic carbocycles. The van der Waals surface area contributed by atoms with E-state index in [1.807, 2.05) is 0 Å². The van der Waals surface area contributed by atoms with Gasteiger partial charge in [-0.05, 0) is 68.6 Å². The van der Waals surface area contributed by atoms with E-state index in [0.29, 0.717) is 6.04 Å². The first-order valence-corrected chi connectivity index (χ1v) is 8.15. The van der Waals surface area contributed by atoms with Crippen LogP contribution in [-0.2, 0) is 4.74 Å². The first kappa shape index (κ1) is 11.7. The largest absolute Gasteiger partial charge is 0.375 e. The fourth-order valence-electron chi connectivity index (χ4n) is 5.22. The van der Waals surface area contributed by atoms with Crippen molar-refractivity contribution in [2.75, 3.05) is 6.61 Å². The molecule has 2 nitrogen and oxygen atoms in total. The number of hydrogen-bond donors (Lipinski definition) is 1. The maximum atomic E-state index is 6.63. The molecule has 18 heavy (non-hydrogen) atoms.